The summed E-state index contributed by atoms with van der Waals surface area (Å²) in [5.41, 5.74) is 2.50. The Morgan fingerprint density at radius 2 is 1.79 bits per heavy atom. The van der Waals surface area contributed by atoms with Gasteiger partial charge in [0.2, 0.25) is 5.91 Å². The fourth-order valence-electron chi connectivity index (χ4n) is 3.00. The van der Waals surface area contributed by atoms with Gasteiger partial charge in [-0.15, -0.1) is 23.1 Å². The van der Waals surface area contributed by atoms with Crippen molar-refractivity contribution in [1.29, 1.82) is 0 Å². The maximum absolute atomic E-state index is 12.7. The second-order valence-corrected chi connectivity index (χ2v) is 8.24. The van der Waals surface area contributed by atoms with Crippen molar-refractivity contribution in [3.8, 4) is 10.6 Å². The Kier molecular flexibility index (Phi) is 5.73. The van der Waals surface area contributed by atoms with E-state index in [0.717, 1.165) is 16.3 Å². The Morgan fingerprint density at radius 3 is 2.54 bits per heavy atom. The first-order chi connectivity index (χ1) is 13.7. The average molecular weight is 410 g/mol. The Balaban J connectivity index is 1.38. The lowest BCUT2D eigenvalue weighted by molar-refractivity contribution is -0.124. The molecule has 1 fully saturated rings. The number of carbonyl (C=O) groups is 2. The van der Waals surface area contributed by atoms with E-state index in [9.17, 15) is 9.59 Å². The van der Waals surface area contributed by atoms with Crippen LogP contribution in [0.1, 0.15) is 16.1 Å². The van der Waals surface area contributed by atoms with Crippen LogP contribution in [0.5, 0.6) is 0 Å². The molecule has 3 aromatic rings. The van der Waals surface area contributed by atoms with Crippen molar-refractivity contribution in [2.75, 3.05) is 11.6 Å². The summed E-state index contributed by atoms with van der Waals surface area (Å²) in [4.78, 5) is 31.7. The van der Waals surface area contributed by atoms with Gasteiger partial charge in [0.05, 0.1) is 18.1 Å². The van der Waals surface area contributed by atoms with Crippen molar-refractivity contribution in [2.45, 2.75) is 12.6 Å². The van der Waals surface area contributed by atoms with Gasteiger partial charge in [0.25, 0.3) is 5.91 Å². The van der Waals surface area contributed by atoms with Gasteiger partial charge in [-0.25, -0.2) is 4.98 Å². The lowest BCUT2D eigenvalue weighted by Gasteiger charge is -2.23. The Labute approximate surface area is 171 Å². The van der Waals surface area contributed by atoms with E-state index in [1.54, 1.807) is 40.1 Å². The van der Waals surface area contributed by atoms with Crippen LogP contribution >= 0.6 is 23.1 Å². The standard InChI is InChI=1S/C21H19N3O2S2/c25-19(18-13-27-14-24(18)21(26)16-9-5-2-6-10-16)22-11-17-12-28-20(23-17)15-7-3-1-4-8-15/h1-10,12,18H,11,13-14H2,(H,22,25)/t18-/m1/s1. The Hall–Kier alpha value is -2.64. The summed E-state index contributed by atoms with van der Waals surface area (Å²) in [5, 5.41) is 5.83. The number of hydrogen-bond acceptors (Lipinski definition) is 5. The third-order valence-electron chi connectivity index (χ3n) is 4.48. The monoisotopic (exact) mass is 409 g/mol. The quantitative estimate of drug-likeness (QED) is 0.699. The summed E-state index contributed by atoms with van der Waals surface area (Å²) in [5.74, 6) is 0.895. The minimum Gasteiger partial charge on any atom is -0.349 e. The van der Waals surface area contributed by atoms with Crippen molar-refractivity contribution in [2.24, 2.45) is 0 Å². The summed E-state index contributed by atoms with van der Waals surface area (Å²) in [6.45, 7) is 0.358. The van der Waals surface area contributed by atoms with Crippen molar-refractivity contribution in [3.05, 3.63) is 77.3 Å². The molecule has 4 rings (SSSR count). The molecule has 1 aliphatic rings. The van der Waals surface area contributed by atoms with Gasteiger partial charge < -0.3 is 10.2 Å². The number of thiazole rings is 1. The summed E-state index contributed by atoms with van der Waals surface area (Å²) in [7, 11) is 0. The number of carbonyl (C=O) groups excluding carboxylic acids is 2. The van der Waals surface area contributed by atoms with Crippen molar-refractivity contribution < 1.29 is 9.59 Å². The van der Waals surface area contributed by atoms with Gasteiger partial charge in [0, 0.05) is 22.3 Å². The van der Waals surface area contributed by atoms with Crippen LogP contribution in [0.4, 0.5) is 0 Å². The number of rotatable bonds is 5. The highest BCUT2D eigenvalue weighted by atomic mass is 32.2. The molecule has 5 nitrogen and oxygen atoms in total. The van der Waals surface area contributed by atoms with Crippen LogP contribution in [0.15, 0.2) is 66.0 Å². The SMILES string of the molecule is O=C(NCc1csc(-c2ccccc2)n1)[C@H]1CSCN1C(=O)c1ccccc1. The molecule has 2 aromatic carbocycles. The number of amides is 2. The highest BCUT2D eigenvalue weighted by Crippen LogP contribution is 2.25. The molecule has 1 saturated heterocycles. The van der Waals surface area contributed by atoms with E-state index in [2.05, 4.69) is 10.3 Å². The fraction of sp³-hybridized carbons (Fsp3) is 0.190. The molecule has 1 aliphatic heterocycles. The first-order valence-corrected chi connectivity index (χ1v) is 11.0. The van der Waals surface area contributed by atoms with Crippen LogP contribution < -0.4 is 5.32 Å². The van der Waals surface area contributed by atoms with Gasteiger partial charge in [-0.1, -0.05) is 48.5 Å². The molecule has 7 heteroatoms. The second kappa shape index (κ2) is 8.58. The molecule has 0 bridgehead atoms. The van der Waals surface area contributed by atoms with Crippen LogP contribution in [-0.2, 0) is 11.3 Å². The summed E-state index contributed by atoms with van der Waals surface area (Å²) < 4.78 is 0. The molecular weight excluding hydrogens is 390 g/mol. The summed E-state index contributed by atoms with van der Waals surface area (Å²) >= 11 is 3.15. The maximum atomic E-state index is 12.7. The molecular formula is C21H19N3O2S2. The van der Waals surface area contributed by atoms with Crippen LogP contribution in [0.25, 0.3) is 10.6 Å². The molecule has 2 heterocycles. The maximum Gasteiger partial charge on any atom is 0.255 e. The van der Waals surface area contributed by atoms with Crippen LogP contribution in [0.3, 0.4) is 0 Å². The van der Waals surface area contributed by atoms with Gasteiger partial charge in [-0.3, -0.25) is 9.59 Å². The lowest BCUT2D eigenvalue weighted by atomic mass is 10.1. The van der Waals surface area contributed by atoms with E-state index in [4.69, 9.17) is 0 Å². The molecule has 0 aliphatic carbocycles. The fourth-order valence-corrected chi connectivity index (χ4v) is 4.98. The van der Waals surface area contributed by atoms with E-state index in [0.29, 0.717) is 23.7 Å². The smallest absolute Gasteiger partial charge is 0.255 e. The molecule has 0 radical (unpaired) electrons. The van der Waals surface area contributed by atoms with Crippen molar-refractivity contribution in [1.82, 2.24) is 15.2 Å². The number of nitrogens with one attached hydrogen (secondary N) is 1. The number of aromatic nitrogens is 1. The van der Waals surface area contributed by atoms with E-state index < -0.39 is 6.04 Å². The second-order valence-electron chi connectivity index (χ2n) is 6.38. The Bertz CT molecular complexity index is 960. The van der Waals surface area contributed by atoms with Gasteiger partial charge in [-0.2, -0.15) is 0 Å². The average Bonchev–Trinajstić information content (AvgIpc) is 3.43. The van der Waals surface area contributed by atoms with E-state index in [1.165, 1.54) is 0 Å². The van der Waals surface area contributed by atoms with Crippen molar-refractivity contribution in [3.63, 3.8) is 0 Å². The summed E-state index contributed by atoms with van der Waals surface area (Å²) in [6, 6.07) is 18.6. The highest BCUT2D eigenvalue weighted by molar-refractivity contribution is 7.99. The Morgan fingerprint density at radius 1 is 1.07 bits per heavy atom. The first kappa shape index (κ1) is 18.7. The zero-order valence-corrected chi connectivity index (χ0v) is 16.7. The van der Waals surface area contributed by atoms with Crippen LogP contribution in [0.2, 0.25) is 0 Å². The van der Waals surface area contributed by atoms with Crippen LogP contribution in [-0.4, -0.2) is 39.4 Å². The third kappa shape index (κ3) is 4.10. The predicted molar refractivity (Wildman–Crippen MR) is 113 cm³/mol. The third-order valence-corrected chi connectivity index (χ3v) is 6.44. The minimum absolute atomic E-state index is 0.106. The van der Waals surface area contributed by atoms with Gasteiger partial charge in [0.15, 0.2) is 0 Å². The molecule has 0 spiro atoms. The van der Waals surface area contributed by atoms with Crippen molar-refractivity contribution >= 4 is 34.9 Å². The number of hydrogen-bond donors (Lipinski definition) is 1. The number of benzene rings is 2. The molecule has 0 saturated carbocycles. The molecule has 142 valence electrons. The van der Waals surface area contributed by atoms with Gasteiger partial charge >= 0.3 is 0 Å². The molecule has 1 aromatic heterocycles. The van der Waals surface area contributed by atoms with Gasteiger partial charge in [-0.05, 0) is 12.1 Å². The molecule has 28 heavy (non-hydrogen) atoms. The highest BCUT2D eigenvalue weighted by Gasteiger charge is 2.34. The summed E-state index contributed by atoms with van der Waals surface area (Å²) in [6.07, 6.45) is 0. The number of nitrogens with zero attached hydrogens (tertiary/aromatic N) is 2. The zero-order chi connectivity index (χ0) is 19.3. The topological polar surface area (TPSA) is 62.3 Å². The van der Waals surface area contributed by atoms with E-state index in [-0.39, 0.29) is 11.8 Å². The van der Waals surface area contributed by atoms with E-state index in [1.807, 2.05) is 53.9 Å². The largest absolute Gasteiger partial charge is 0.349 e. The normalized spacial score (nSPS) is 16.1. The molecule has 1 atom stereocenters. The molecule has 0 unspecified atom stereocenters. The zero-order valence-electron chi connectivity index (χ0n) is 15.1. The van der Waals surface area contributed by atoms with Crippen LogP contribution in [0, 0.1) is 0 Å². The minimum atomic E-state index is -0.454. The first-order valence-electron chi connectivity index (χ1n) is 8.93. The molecule has 1 N–H and O–H groups in total. The molecule has 2 amide bonds. The number of thioether (sulfide) groups is 1. The van der Waals surface area contributed by atoms with E-state index >= 15 is 0 Å². The predicted octanol–water partition coefficient (Wildman–Crippen LogP) is 3.64. The lowest BCUT2D eigenvalue weighted by Crippen LogP contribution is -2.47. The van der Waals surface area contributed by atoms with Gasteiger partial charge in [0.1, 0.15) is 11.0 Å².